The number of sulfonamides is 1. The summed E-state index contributed by atoms with van der Waals surface area (Å²) in [7, 11) is -3.74. The van der Waals surface area contributed by atoms with E-state index in [1.165, 1.54) is 12.1 Å². The second-order valence-corrected chi connectivity index (χ2v) is 7.40. The third-order valence-corrected chi connectivity index (χ3v) is 5.34. The van der Waals surface area contributed by atoms with Gasteiger partial charge in [0.2, 0.25) is 5.91 Å². The summed E-state index contributed by atoms with van der Waals surface area (Å²) in [6.07, 6.45) is 1.34. The van der Waals surface area contributed by atoms with Gasteiger partial charge in [0.1, 0.15) is 11.8 Å². The fourth-order valence-electron chi connectivity index (χ4n) is 2.68. The normalized spacial score (nSPS) is 14.1. The number of rotatable bonds is 6. The Balaban J connectivity index is 1.71. The Morgan fingerprint density at radius 2 is 1.81 bits per heavy atom. The van der Waals surface area contributed by atoms with E-state index in [9.17, 15) is 13.2 Å². The number of benzene rings is 2. The van der Waals surface area contributed by atoms with Crippen molar-refractivity contribution in [3.8, 4) is 11.8 Å². The average molecular weight is 371 g/mol. The molecule has 134 valence electrons. The molecule has 2 aromatic carbocycles. The minimum absolute atomic E-state index is 0.0532. The molecule has 0 aromatic heterocycles. The van der Waals surface area contributed by atoms with Crippen LogP contribution in [0, 0.1) is 11.3 Å². The third-order valence-electron chi connectivity index (χ3n) is 3.94. The van der Waals surface area contributed by atoms with Gasteiger partial charge in [-0.2, -0.15) is 5.26 Å². The van der Waals surface area contributed by atoms with Crippen molar-refractivity contribution < 1.29 is 17.9 Å². The quantitative estimate of drug-likeness (QED) is 0.841. The molecule has 1 N–H and O–H groups in total. The van der Waals surface area contributed by atoms with Gasteiger partial charge in [-0.3, -0.25) is 9.52 Å². The molecule has 0 aliphatic carbocycles. The molecule has 0 atom stereocenters. The summed E-state index contributed by atoms with van der Waals surface area (Å²) >= 11 is 0. The van der Waals surface area contributed by atoms with Crippen LogP contribution in [0.4, 0.5) is 11.4 Å². The molecule has 0 unspecified atom stereocenters. The van der Waals surface area contributed by atoms with E-state index in [1.807, 2.05) is 6.07 Å². The highest BCUT2D eigenvalue weighted by molar-refractivity contribution is 7.92. The third kappa shape index (κ3) is 3.95. The van der Waals surface area contributed by atoms with Crippen molar-refractivity contribution in [1.29, 1.82) is 5.26 Å². The van der Waals surface area contributed by atoms with Gasteiger partial charge in [0.15, 0.2) is 6.61 Å². The molecule has 7 nitrogen and oxygen atoms in total. The second-order valence-electron chi connectivity index (χ2n) is 5.72. The minimum atomic E-state index is -3.74. The number of hydrogen-bond acceptors (Lipinski definition) is 5. The predicted molar refractivity (Wildman–Crippen MR) is 96.4 cm³/mol. The Bertz CT molecular complexity index is 932. The number of amides is 1. The first-order valence-corrected chi connectivity index (χ1v) is 9.51. The van der Waals surface area contributed by atoms with E-state index in [0.29, 0.717) is 30.1 Å². The Morgan fingerprint density at radius 1 is 1.12 bits per heavy atom. The van der Waals surface area contributed by atoms with E-state index < -0.39 is 10.0 Å². The molecule has 1 heterocycles. The van der Waals surface area contributed by atoms with Gasteiger partial charge in [-0.15, -0.1) is 0 Å². The van der Waals surface area contributed by atoms with Crippen molar-refractivity contribution in [2.24, 2.45) is 0 Å². The Kier molecular flexibility index (Phi) is 5.09. The van der Waals surface area contributed by atoms with E-state index in [4.69, 9.17) is 10.00 Å². The smallest absolute Gasteiger partial charge is 0.261 e. The van der Waals surface area contributed by atoms with Crippen LogP contribution in [-0.2, 0) is 14.8 Å². The van der Waals surface area contributed by atoms with Gasteiger partial charge in [-0.25, -0.2) is 8.42 Å². The number of nitrogens with zero attached hydrogens (tertiary/aromatic N) is 2. The van der Waals surface area contributed by atoms with Crippen molar-refractivity contribution in [3.05, 3.63) is 48.5 Å². The fourth-order valence-corrected chi connectivity index (χ4v) is 3.73. The number of hydrogen-bond donors (Lipinski definition) is 1. The molecular formula is C18H17N3O4S. The van der Waals surface area contributed by atoms with Crippen LogP contribution >= 0.6 is 0 Å². The van der Waals surface area contributed by atoms with Crippen molar-refractivity contribution in [2.45, 2.75) is 17.7 Å². The lowest BCUT2D eigenvalue weighted by atomic mass is 10.3. The zero-order valence-corrected chi connectivity index (χ0v) is 14.7. The molecule has 1 fully saturated rings. The number of ether oxygens (including phenoxy) is 1. The minimum Gasteiger partial charge on any atom is -0.479 e. The molecule has 8 heteroatoms. The number of carbonyl (C=O) groups excluding carboxylic acids is 1. The highest BCUT2D eigenvalue weighted by atomic mass is 32.2. The van der Waals surface area contributed by atoms with E-state index >= 15 is 0 Å². The molecule has 1 aliphatic rings. The van der Waals surface area contributed by atoms with E-state index in [-0.39, 0.29) is 17.4 Å². The number of carbonyl (C=O) groups is 1. The lowest BCUT2D eigenvalue weighted by Crippen LogP contribution is -2.23. The lowest BCUT2D eigenvalue weighted by Gasteiger charge is -2.16. The lowest BCUT2D eigenvalue weighted by molar-refractivity contribution is -0.117. The van der Waals surface area contributed by atoms with Crippen molar-refractivity contribution in [3.63, 3.8) is 0 Å². The van der Waals surface area contributed by atoms with Crippen LogP contribution in [0.1, 0.15) is 12.8 Å². The first kappa shape index (κ1) is 17.8. The van der Waals surface area contributed by atoms with Gasteiger partial charge in [-0.05, 0) is 55.0 Å². The molecule has 0 saturated carbocycles. The first-order chi connectivity index (χ1) is 12.5. The monoisotopic (exact) mass is 371 g/mol. The summed E-state index contributed by atoms with van der Waals surface area (Å²) in [6.45, 7) is 0.584. The largest absolute Gasteiger partial charge is 0.479 e. The molecule has 1 aliphatic heterocycles. The topological polar surface area (TPSA) is 99.5 Å². The average Bonchev–Trinajstić information content (AvgIpc) is 3.07. The van der Waals surface area contributed by atoms with Gasteiger partial charge >= 0.3 is 0 Å². The molecule has 26 heavy (non-hydrogen) atoms. The maximum atomic E-state index is 12.5. The van der Waals surface area contributed by atoms with Crippen molar-refractivity contribution in [1.82, 2.24) is 0 Å². The molecule has 0 radical (unpaired) electrons. The number of nitrogens with one attached hydrogen (secondary N) is 1. The zero-order chi connectivity index (χ0) is 18.6. The number of nitriles is 1. The summed E-state index contributed by atoms with van der Waals surface area (Å²) in [5.74, 6) is 0.534. The molecule has 1 amide bonds. The van der Waals surface area contributed by atoms with Crippen LogP contribution in [0.15, 0.2) is 53.4 Å². The van der Waals surface area contributed by atoms with E-state index in [1.54, 1.807) is 41.3 Å². The Hall–Kier alpha value is -3.05. The van der Waals surface area contributed by atoms with Crippen molar-refractivity contribution >= 4 is 27.3 Å². The fraction of sp³-hybridized carbons (Fsp3) is 0.222. The highest BCUT2D eigenvalue weighted by Gasteiger charge is 2.22. The van der Waals surface area contributed by atoms with Gasteiger partial charge in [-0.1, -0.05) is 0 Å². The van der Waals surface area contributed by atoms with Crippen LogP contribution in [0.25, 0.3) is 0 Å². The SMILES string of the molecule is N#CCOc1ccc(NS(=O)(=O)c2ccc(N3CCCC3=O)cc2)cc1. The molecule has 0 spiro atoms. The van der Waals surface area contributed by atoms with Crippen LogP contribution < -0.4 is 14.4 Å². The molecule has 0 bridgehead atoms. The molecule has 1 saturated heterocycles. The Labute approximate surface area is 151 Å². The van der Waals surface area contributed by atoms with Crippen molar-refractivity contribution in [2.75, 3.05) is 22.8 Å². The second kappa shape index (κ2) is 7.45. The van der Waals surface area contributed by atoms with Gasteiger partial charge < -0.3 is 9.64 Å². The summed E-state index contributed by atoms with van der Waals surface area (Å²) < 4.78 is 32.6. The standard InChI is InChI=1S/C18H17N3O4S/c19-11-13-25-16-7-3-14(4-8-16)20-26(23,24)17-9-5-15(6-10-17)21-12-1-2-18(21)22/h3-10,20H,1-2,12-13H2. The summed E-state index contributed by atoms with van der Waals surface area (Å²) in [4.78, 5) is 13.5. The van der Waals surface area contributed by atoms with E-state index in [2.05, 4.69) is 4.72 Å². The highest BCUT2D eigenvalue weighted by Crippen LogP contribution is 2.24. The molecule has 3 rings (SSSR count). The summed E-state index contributed by atoms with van der Waals surface area (Å²) in [6, 6.07) is 14.4. The van der Waals surface area contributed by atoms with Gasteiger partial charge in [0.25, 0.3) is 10.0 Å². The van der Waals surface area contributed by atoms with E-state index in [0.717, 1.165) is 6.42 Å². The molecule has 2 aromatic rings. The van der Waals surface area contributed by atoms with Crippen LogP contribution in [-0.4, -0.2) is 27.5 Å². The predicted octanol–water partition coefficient (Wildman–Crippen LogP) is 2.52. The maximum Gasteiger partial charge on any atom is 0.261 e. The number of anilines is 2. The molecular weight excluding hydrogens is 354 g/mol. The summed E-state index contributed by atoms with van der Waals surface area (Å²) in [5, 5.41) is 8.48. The van der Waals surface area contributed by atoms with Gasteiger partial charge in [0, 0.05) is 24.3 Å². The summed E-state index contributed by atoms with van der Waals surface area (Å²) in [5.41, 5.74) is 1.08. The van der Waals surface area contributed by atoms with Gasteiger partial charge in [0.05, 0.1) is 4.90 Å². The van der Waals surface area contributed by atoms with Crippen LogP contribution in [0.5, 0.6) is 5.75 Å². The van der Waals surface area contributed by atoms with Crippen LogP contribution in [0.2, 0.25) is 0 Å². The Morgan fingerprint density at radius 3 is 2.38 bits per heavy atom. The first-order valence-electron chi connectivity index (χ1n) is 8.03. The zero-order valence-electron chi connectivity index (χ0n) is 13.9. The van der Waals surface area contributed by atoms with Crippen LogP contribution in [0.3, 0.4) is 0 Å². The maximum absolute atomic E-state index is 12.5.